The lowest BCUT2D eigenvalue weighted by Gasteiger charge is -2.36. The van der Waals surface area contributed by atoms with Crippen LogP contribution in [0.25, 0.3) is 0 Å². The number of hydrogen-bond donors (Lipinski definition) is 1. The number of aliphatic hydroxyl groups is 1. The number of nitrogens with zero attached hydrogens (tertiary/aromatic N) is 1. The van der Waals surface area contributed by atoms with Crippen molar-refractivity contribution in [1.29, 1.82) is 0 Å². The highest BCUT2D eigenvalue weighted by atomic mass is 79.9. The van der Waals surface area contributed by atoms with Crippen molar-refractivity contribution in [3.8, 4) is 0 Å². The summed E-state index contributed by atoms with van der Waals surface area (Å²) in [4.78, 5) is 15.4. The normalized spacial score (nSPS) is 30.8. The van der Waals surface area contributed by atoms with Crippen molar-refractivity contribution in [2.24, 2.45) is 0 Å². The molecule has 18 heavy (non-hydrogen) atoms. The molecule has 98 valence electrons. The monoisotopic (exact) mass is 329 g/mol. The lowest BCUT2D eigenvalue weighted by atomic mass is 9.99. The summed E-state index contributed by atoms with van der Waals surface area (Å²) >= 11 is 4.98. The highest BCUT2D eigenvalue weighted by molar-refractivity contribution is 9.11. The Hall–Kier alpha value is -0.390. The van der Waals surface area contributed by atoms with Crippen molar-refractivity contribution in [2.45, 2.75) is 50.8 Å². The predicted octanol–water partition coefficient (Wildman–Crippen LogP) is 2.95. The number of aliphatic hydroxyl groups excluding tert-OH is 1. The van der Waals surface area contributed by atoms with E-state index in [9.17, 15) is 9.90 Å². The van der Waals surface area contributed by atoms with Crippen LogP contribution in [0.2, 0.25) is 0 Å². The van der Waals surface area contributed by atoms with Gasteiger partial charge in [-0.1, -0.05) is 0 Å². The zero-order chi connectivity index (χ0) is 12.9. The van der Waals surface area contributed by atoms with E-state index >= 15 is 0 Å². The Kier molecular flexibility index (Phi) is 3.24. The minimum Gasteiger partial charge on any atom is -0.393 e. The van der Waals surface area contributed by atoms with Crippen molar-refractivity contribution in [1.82, 2.24) is 4.90 Å². The van der Waals surface area contributed by atoms with Crippen LogP contribution in [0.15, 0.2) is 9.85 Å². The third kappa shape index (κ3) is 2.02. The maximum Gasteiger partial charge on any atom is 0.264 e. The van der Waals surface area contributed by atoms with Crippen molar-refractivity contribution in [2.75, 3.05) is 0 Å². The van der Waals surface area contributed by atoms with Crippen LogP contribution in [0, 0.1) is 6.92 Å². The molecule has 1 aromatic heterocycles. The molecule has 1 amide bonds. The smallest absolute Gasteiger partial charge is 0.264 e. The fraction of sp³-hybridized carbons (Fsp3) is 0.615. The average molecular weight is 330 g/mol. The van der Waals surface area contributed by atoms with Gasteiger partial charge in [0.15, 0.2) is 0 Å². The molecule has 0 radical (unpaired) electrons. The summed E-state index contributed by atoms with van der Waals surface area (Å²) in [5.74, 6) is 0.146. The molecule has 0 saturated carbocycles. The van der Waals surface area contributed by atoms with Gasteiger partial charge in [0.05, 0.1) is 14.8 Å². The molecular weight excluding hydrogens is 314 g/mol. The molecule has 2 aliphatic rings. The molecule has 1 aromatic rings. The molecule has 0 aliphatic carbocycles. The van der Waals surface area contributed by atoms with Gasteiger partial charge in [-0.15, -0.1) is 11.3 Å². The van der Waals surface area contributed by atoms with Crippen LogP contribution >= 0.6 is 27.3 Å². The molecule has 2 bridgehead atoms. The zero-order valence-corrected chi connectivity index (χ0v) is 12.6. The van der Waals surface area contributed by atoms with E-state index < -0.39 is 0 Å². The second-order valence-corrected chi connectivity index (χ2v) is 7.66. The van der Waals surface area contributed by atoms with Gasteiger partial charge in [-0.2, -0.15) is 0 Å². The highest BCUT2D eigenvalue weighted by Gasteiger charge is 2.43. The Bertz CT molecular complexity index is 454. The van der Waals surface area contributed by atoms with Crippen LogP contribution < -0.4 is 0 Å². The first-order chi connectivity index (χ1) is 8.56. The molecule has 2 unspecified atom stereocenters. The second-order valence-electron chi connectivity index (χ2n) is 5.29. The van der Waals surface area contributed by atoms with Gasteiger partial charge < -0.3 is 10.0 Å². The molecule has 2 aliphatic heterocycles. The summed E-state index contributed by atoms with van der Waals surface area (Å²) in [5, 5.41) is 9.77. The van der Waals surface area contributed by atoms with Crippen molar-refractivity contribution < 1.29 is 9.90 Å². The zero-order valence-electron chi connectivity index (χ0n) is 10.2. The first-order valence-corrected chi connectivity index (χ1v) is 7.94. The van der Waals surface area contributed by atoms with Crippen molar-refractivity contribution in [3.63, 3.8) is 0 Å². The summed E-state index contributed by atoms with van der Waals surface area (Å²) in [7, 11) is 0. The number of hydrogen-bond acceptors (Lipinski definition) is 3. The topological polar surface area (TPSA) is 40.5 Å². The lowest BCUT2D eigenvalue weighted by molar-refractivity contribution is 0.0290. The van der Waals surface area contributed by atoms with Gasteiger partial charge in [0.1, 0.15) is 0 Å². The van der Waals surface area contributed by atoms with Crippen LogP contribution in [0.4, 0.5) is 0 Å². The van der Waals surface area contributed by atoms with Crippen LogP contribution in [0.5, 0.6) is 0 Å². The van der Waals surface area contributed by atoms with E-state index in [2.05, 4.69) is 15.9 Å². The number of thiophene rings is 1. The molecular formula is C13H16BrNO2S. The molecule has 1 N–H and O–H groups in total. The Morgan fingerprint density at radius 3 is 2.56 bits per heavy atom. The van der Waals surface area contributed by atoms with E-state index in [4.69, 9.17) is 0 Å². The maximum atomic E-state index is 12.6. The SMILES string of the molecule is Cc1cc(C(=O)N2C3CCC2CC(O)C3)sc1Br. The summed E-state index contributed by atoms with van der Waals surface area (Å²) in [5.41, 5.74) is 1.12. The summed E-state index contributed by atoms with van der Waals surface area (Å²) in [6, 6.07) is 2.45. The molecule has 0 aromatic carbocycles. The van der Waals surface area contributed by atoms with E-state index in [1.54, 1.807) is 0 Å². The first-order valence-electron chi connectivity index (χ1n) is 6.33. The maximum absolute atomic E-state index is 12.6. The minimum absolute atomic E-state index is 0.146. The fourth-order valence-electron chi connectivity index (χ4n) is 3.17. The van der Waals surface area contributed by atoms with Gasteiger partial charge in [-0.05, 0) is 60.2 Å². The molecule has 3 heterocycles. The minimum atomic E-state index is -0.219. The third-order valence-electron chi connectivity index (χ3n) is 4.01. The van der Waals surface area contributed by atoms with Gasteiger partial charge >= 0.3 is 0 Å². The molecule has 2 saturated heterocycles. The van der Waals surface area contributed by atoms with Crippen LogP contribution in [0.3, 0.4) is 0 Å². The molecule has 3 rings (SSSR count). The summed E-state index contributed by atoms with van der Waals surface area (Å²) in [6.07, 6.45) is 3.35. The van der Waals surface area contributed by atoms with Gasteiger partial charge in [0.25, 0.3) is 5.91 Å². The number of carbonyl (C=O) groups is 1. The van der Waals surface area contributed by atoms with E-state index in [-0.39, 0.29) is 24.1 Å². The Balaban J connectivity index is 1.85. The molecule has 3 nitrogen and oxygen atoms in total. The highest BCUT2D eigenvalue weighted by Crippen LogP contribution is 2.38. The van der Waals surface area contributed by atoms with E-state index in [0.717, 1.165) is 39.9 Å². The lowest BCUT2D eigenvalue weighted by Crippen LogP contribution is -2.47. The van der Waals surface area contributed by atoms with E-state index in [1.807, 2.05) is 17.9 Å². The Morgan fingerprint density at radius 2 is 2.06 bits per heavy atom. The summed E-state index contributed by atoms with van der Waals surface area (Å²) in [6.45, 7) is 2.01. The third-order valence-corrected chi connectivity index (χ3v) is 6.14. The van der Waals surface area contributed by atoms with Crippen LogP contribution in [-0.4, -0.2) is 34.1 Å². The number of fused-ring (bicyclic) bond motifs is 2. The van der Waals surface area contributed by atoms with Gasteiger partial charge in [0.2, 0.25) is 0 Å². The van der Waals surface area contributed by atoms with E-state index in [1.165, 1.54) is 11.3 Å². The predicted molar refractivity (Wildman–Crippen MR) is 75.0 cm³/mol. The van der Waals surface area contributed by atoms with Crippen LogP contribution in [-0.2, 0) is 0 Å². The molecule has 5 heteroatoms. The Labute approximate surface area is 119 Å². The van der Waals surface area contributed by atoms with Gasteiger partial charge in [-0.3, -0.25) is 4.79 Å². The number of piperidine rings is 1. The second kappa shape index (κ2) is 4.62. The summed E-state index contributed by atoms with van der Waals surface area (Å²) < 4.78 is 1.04. The van der Waals surface area contributed by atoms with Crippen molar-refractivity contribution in [3.05, 3.63) is 20.3 Å². The van der Waals surface area contributed by atoms with Crippen molar-refractivity contribution >= 4 is 33.2 Å². The van der Waals surface area contributed by atoms with Gasteiger partial charge in [0, 0.05) is 12.1 Å². The average Bonchev–Trinajstić information content (AvgIpc) is 2.78. The number of halogens is 1. The molecule has 2 fully saturated rings. The number of carbonyl (C=O) groups excluding carboxylic acids is 1. The quantitative estimate of drug-likeness (QED) is 0.860. The molecule has 2 atom stereocenters. The fourth-order valence-corrected chi connectivity index (χ4v) is 4.65. The van der Waals surface area contributed by atoms with E-state index in [0.29, 0.717) is 0 Å². The first kappa shape index (κ1) is 12.6. The standard InChI is InChI=1S/C13H16BrNO2S/c1-7-4-11(18-12(7)14)13(17)15-8-2-3-9(15)6-10(16)5-8/h4,8-10,16H,2-3,5-6H2,1H3. The van der Waals surface area contributed by atoms with Gasteiger partial charge in [-0.25, -0.2) is 0 Å². The largest absolute Gasteiger partial charge is 0.393 e. The number of rotatable bonds is 1. The Morgan fingerprint density at radius 1 is 1.44 bits per heavy atom. The number of aryl methyl sites for hydroxylation is 1. The number of amides is 1. The molecule has 0 spiro atoms. The van der Waals surface area contributed by atoms with Crippen LogP contribution in [0.1, 0.15) is 40.9 Å².